The van der Waals surface area contributed by atoms with Gasteiger partial charge >= 0.3 is 0 Å². The van der Waals surface area contributed by atoms with Gasteiger partial charge in [-0.05, 0) is 30.7 Å². The Balaban J connectivity index is 0.00000441. The lowest BCUT2D eigenvalue weighted by atomic mass is 10.2. The molecule has 1 rings (SSSR count). The molecule has 3 nitrogen and oxygen atoms in total. The number of ether oxygens (including phenoxy) is 2. The van der Waals surface area contributed by atoms with Crippen LogP contribution >= 0.6 is 24.0 Å². The number of methoxy groups -OCH3 is 1. The molecule has 126 valence electrons. The van der Waals surface area contributed by atoms with Crippen molar-refractivity contribution in [3.8, 4) is 11.5 Å². The number of hydrogen-bond acceptors (Lipinski definition) is 3. The van der Waals surface area contributed by atoms with Crippen molar-refractivity contribution >= 4 is 24.0 Å². The number of nitrogens with one attached hydrogen (secondary N) is 1. The Morgan fingerprint density at radius 2 is 2.05 bits per heavy atom. The van der Waals surface area contributed by atoms with Crippen LogP contribution in [0.15, 0.2) is 24.8 Å². The molecule has 0 aliphatic carbocycles. The van der Waals surface area contributed by atoms with Crippen molar-refractivity contribution in [3.63, 3.8) is 0 Å². The van der Waals surface area contributed by atoms with E-state index in [0.29, 0.717) is 23.1 Å². The van der Waals surface area contributed by atoms with E-state index < -0.39 is 0 Å². The number of halogens is 2. The quantitative estimate of drug-likeness (QED) is 0.451. The Kier molecular flexibility index (Phi) is 12.1. The molecular weight excluding hydrogens is 321 g/mol. The first-order chi connectivity index (χ1) is 10.2. The molecule has 1 aromatic rings. The minimum Gasteiger partial charge on any atom is -0.493 e. The highest BCUT2D eigenvalue weighted by Gasteiger charge is 2.11. The summed E-state index contributed by atoms with van der Waals surface area (Å²) in [4.78, 5) is 0. The SMILES string of the molecule is C=CCOc1c(Cl)cc(CNCCCCCC)cc1OC.Cl. The van der Waals surface area contributed by atoms with Crippen molar-refractivity contribution in [1.82, 2.24) is 5.32 Å². The van der Waals surface area contributed by atoms with Gasteiger partial charge < -0.3 is 14.8 Å². The van der Waals surface area contributed by atoms with Crippen molar-refractivity contribution in [1.29, 1.82) is 0 Å². The Bertz CT molecular complexity index is 439. The second-order valence-corrected chi connectivity index (χ2v) is 5.35. The lowest BCUT2D eigenvalue weighted by Gasteiger charge is -2.13. The fourth-order valence-electron chi connectivity index (χ4n) is 2.07. The zero-order valence-corrected chi connectivity index (χ0v) is 15.1. The molecule has 0 radical (unpaired) electrons. The third-order valence-electron chi connectivity index (χ3n) is 3.17. The molecule has 0 aromatic heterocycles. The van der Waals surface area contributed by atoms with E-state index in [0.717, 1.165) is 18.7 Å². The van der Waals surface area contributed by atoms with Gasteiger partial charge in [-0.25, -0.2) is 0 Å². The summed E-state index contributed by atoms with van der Waals surface area (Å²) in [6, 6.07) is 3.88. The molecule has 5 heteroatoms. The topological polar surface area (TPSA) is 30.5 Å². The van der Waals surface area contributed by atoms with Crippen LogP contribution in [-0.4, -0.2) is 20.3 Å². The van der Waals surface area contributed by atoms with Crippen LogP contribution in [0.2, 0.25) is 5.02 Å². The largest absolute Gasteiger partial charge is 0.493 e. The molecule has 22 heavy (non-hydrogen) atoms. The predicted octanol–water partition coefficient (Wildman–Crippen LogP) is 5.01. The van der Waals surface area contributed by atoms with Crippen LogP contribution in [0.5, 0.6) is 11.5 Å². The molecule has 0 heterocycles. The van der Waals surface area contributed by atoms with E-state index in [1.807, 2.05) is 12.1 Å². The Hall–Kier alpha value is -0.900. The first-order valence-corrected chi connectivity index (χ1v) is 7.91. The number of unbranched alkanes of at least 4 members (excludes halogenated alkanes) is 3. The molecule has 0 aliphatic rings. The molecule has 1 N–H and O–H groups in total. The molecule has 0 unspecified atom stereocenters. The molecule has 1 aromatic carbocycles. The van der Waals surface area contributed by atoms with Gasteiger partial charge in [0.05, 0.1) is 12.1 Å². The van der Waals surface area contributed by atoms with E-state index in [4.69, 9.17) is 21.1 Å². The summed E-state index contributed by atoms with van der Waals surface area (Å²) in [6.07, 6.45) is 6.73. The summed E-state index contributed by atoms with van der Waals surface area (Å²) in [5.74, 6) is 1.23. The fraction of sp³-hybridized carbons (Fsp3) is 0.529. The third-order valence-corrected chi connectivity index (χ3v) is 3.45. The van der Waals surface area contributed by atoms with Gasteiger partial charge in [0.15, 0.2) is 11.5 Å². The predicted molar refractivity (Wildman–Crippen MR) is 96.8 cm³/mol. The first kappa shape index (κ1) is 21.1. The van der Waals surface area contributed by atoms with E-state index in [2.05, 4.69) is 18.8 Å². The van der Waals surface area contributed by atoms with Gasteiger partial charge in [0.2, 0.25) is 0 Å². The van der Waals surface area contributed by atoms with Gasteiger partial charge in [0.25, 0.3) is 0 Å². The van der Waals surface area contributed by atoms with Crippen LogP contribution in [0.25, 0.3) is 0 Å². The summed E-state index contributed by atoms with van der Waals surface area (Å²) in [7, 11) is 1.62. The lowest BCUT2D eigenvalue weighted by molar-refractivity contribution is 0.326. The van der Waals surface area contributed by atoms with Crippen LogP contribution in [0, 0.1) is 0 Å². The Morgan fingerprint density at radius 3 is 2.68 bits per heavy atom. The molecule has 0 saturated carbocycles. The second-order valence-electron chi connectivity index (χ2n) is 4.95. The fourth-order valence-corrected chi connectivity index (χ4v) is 2.35. The maximum absolute atomic E-state index is 6.26. The number of benzene rings is 1. The summed E-state index contributed by atoms with van der Waals surface area (Å²) < 4.78 is 10.9. The molecular formula is C17H27Cl2NO2. The summed E-state index contributed by atoms with van der Waals surface area (Å²) >= 11 is 6.26. The van der Waals surface area contributed by atoms with E-state index in [1.54, 1.807) is 13.2 Å². The maximum Gasteiger partial charge on any atom is 0.180 e. The van der Waals surface area contributed by atoms with Crippen molar-refractivity contribution in [2.75, 3.05) is 20.3 Å². The highest BCUT2D eigenvalue weighted by molar-refractivity contribution is 6.32. The summed E-state index contributed by atoms with van der Waals surface area (Å²) in [5, 5.41) is 4.00. The zero-order valence-electron chi connectivity index (χ0n) is 13.5. The van der Waals surface area contributed by atoms with Crippen LogP contribution in [0.4, 0.5) is 0 Å². The van der Waals surface area contributed by atoms with Crippen LogP contribution < -0.4 is 14.8 Å². The molecule has 0 aliphatic heterocycles. The minimum absolute atomic E-state index is 0. The smallest absolute Gasteiger partial charge is 0.180 e. The van der Waals surface area contributed by atoms with E-state index >= 15 is 0 Å². The Morgan fingerprint density at radius 1 is 1.27 bits per heavy atom. The van der Waals surface area contributed by atoms with Crippen LogP contribution in [-0.2, 0) is 6.54 Å². The normalized spacial score (nSPS) is 9.95. The van der Waals surface area contributed by atoms with Gasteiger partial charge in [-0.1, -0.05) is 50.4 Å². The van der Waals surface area contributed by atoms with Gasteiger partial charge in [0.1, 0.15) is 6.61 Å². The molecule has 0 fully saturated rings. The van der Waals surface area contributed by atoms with Crippen molar-refractivity contribution in [3.05, 3.63) is 35.4 Å². The van der Waals surface area contributed by atoms with E-state index in [1.165, 1.54) is 25.7 Å². The van der Waals surface area contributed by atoms with E-state index in [9.17, 15) is 0 Å². The highest BCUT2D eigenvalue weighted by Crippen LogP contribution is 2.36. The average Bonchev–Trinajstić information content (AvgIpc) is 2.49. The second kappa shape index (κ2) is 12.6. The van der Waals surface area contributed by atoms with Gasteiger partial charge in [-0.3, -0.25) is 0 Å². The maximum atomic E-state index is 6.26. The third kappa shape index (κ3) is 7.39. The molecule has 0 saturated heterocycles. The van der Waals surface area contributed by atoms with Gasteiger partial charge in [-0.2, -0.15) is 0 Å². The molecule has 0 spiro atoms. The van der Waals surface area contributed by atoms with Gasteiger partial charge in [0, 0.05) is 6.54 Å². The first-order valence-electron chi connectivity index (χ1n) is 7.53. The molecule has 0 atom stereocenters. The van der Waals surface area contributed by atoms with Crippen LogP contribution in [0.3, 0.4) is 0 Å². The van der Waals surface area contributed by atoms with E-state index in [-0.39, 0.29) is 12.4 Å². The molecule has 0 amide bonds. The monoisotopic (exact) mass is 347 g/mol. The van der Waals surface area contributed by atoms with Crippen LogP contribution in [0.1, 0.15) is 38.2 Å². The lowest BCUT2D eigenvalue weighted by Crippen LogP contribution is -2.14. The van der Waals surface area contributed by atoms with Crippen molar-refractivity contribution in [2.45, 2.75) is 39.2 Å². The number of hydrogen-bond donors (Lipinski definition) is 1. The summed E-state index contributed by atoms with van der Waals surface area (Å²) in [5.41, 5.74) is 1.10. The summed E-state index contributed by atoms with van der Waals surface area (Å²) in [6.45, 7) is 8.06. The van der Waals surface area contributed by atoms with Crippen molar-refractivity contribution in [2.24, 2.45) is 0 Å². The zero-order chi connectivity index (χ0) is 15.5. The average molecular weight is 348 g/mol. The Labute approximate surface area is 145 Å². The number of rotatable bonds is 11. The van der Waals surface area contributed by atoms with Gasteiger partial charge in [-0.15, -0.1) is 12.4 Å². The standard InChI is InChI=1S/C17H26ClNO2.ClH/c1-4-6-7-8-9-19-13-14-11-15(18)17(21-10-5-2)16(12-14)20-3;/h5,11-12,19H,2,4,6-10,13H2,1,3H3;1H. The highest BCUT2D eigenvalue weighted by atomic mass is 35.5. The minimum atomic E-state index is 0. The van der Waals surface area contributed by atoms with Crippen molar-refractivity contribution < 1.29 is 9.47 Å². The molecule has 0 bridgehead atoms.